The van der Waals surface area contributed by atoms with Crippen molar-refractivity contribution >= 4 is 5.78 Å². The largest absolute Gasteiger partial charge is 0.493 e. The van der Waals surface area contributed by atoms with Gasteiger partial charge in [-0.1, -0.05) is 13.8 Å². The fourth-order valence-electron chi connectivity index (χ4n) is 4.22. The van der Waals surface area contributed by atoms with Gasteiger partial charge >= 0.3 is 0 Å². The Morgan fingerprint density at radius 1 is 1.00 bits per heavy atom. The molecular weight excluding hydrogens is 314 g/mol. The van der Waals surface area contributed by atoms with E-state index in [-0.39, 0.29) is 11.2 Å². The van der Waals surface area contributed by atoms with Crippen LogP contribution in [0.4, 0.5) is 0 Å². The molecule has 2 aliphatic rings. The van der Waals surface area contributed by atoms with Crippen molar-refractivity contribution in [1.29, 1.82) is 0 Å². The first kappa shape index (κ1) is 16.1. The highest BCUT2D eigenvalue weighted by atomic mass is 16.5. The molecule has 0 radical (unpaired) electrons. The first-order valence-corrected chi connectivity index (χ1v) is 8.78. The molecule has 0 saturated carbocycles. The van der Waals surface area contributed by atoms with Gasteiger partial charge in [0, 0.05) is 25.3 Å². The molecule has 1 aromatic heterocycles. The van der Waals surface area contributed by atoms with Gasteiger partial charge in [-0.3, -0.25) is 4.79 Å². The lowest BCUT2D eigenvalue weighted by Crippen LogP contribution is -2.48. The smallest absolute Gasteiger partial charge is 0.213 e. The van der Waals surface area contributed by atoms with Gasteiger partial charge in [0.1, 0.15) is 0 Å². The number of pyridine rings is 1. The van der Waals surface area contributed by atoms with Crippen molar-refractivity contribution in [2.45, 2.75) is 39.7 Å². The van der Waals surface area contributed by atoms with Gasteiger partial charge in [-0.25, -0.2) is 0 Å². The maximum atomic E-state index is 12.6. The Kier molecular flexibility index (Phi) is 3.60. The maximum absolute atomic E-state index is 12.6. The third-order valence-corrected chi connectivity index (χ3v) is 5.41. The molecule has 0 amide bonds. The van der Waals surface area contributed by atoms with Crippen LogP contribution in [0.25, 0.3) is 11.3 Å². The van der Waals surface area contributed by atoms with Crippen molar-refractivity contribution in [3.05, 3.63) is 41.1 Å². The number of carbonyl (C=O) groups excluding carboxylic acids is 1. The Morgan fingerprint density at radius 3 is 2.44 bits per heavy atom. The quantitative estimate of drug-likeness (QED) is 0.788. The molecule has 130 valence electrons. The standard InChI is InChI=1S/C21H24NO3/c1-21(2)11-17-14(18(23)12-21)5-6-16-15-10-20(25-4)19(24-3)9-13(15)7-8-22(16)17/h5-6,9-10H,7-8,11-12H2,1-4H3/q+1. The summed E-state index contributed by atoms with van der Waals surface area (Å²) in [5, 5.41) is 0. The zero-order chi connectivity index (χ0) is 17.8. The number of Topliss-reactive ketones (excluding diaryl/α,β-unsaturated/α-hetero) is 1. The number of nitrogens with zero attached hydrogens (tertiary/aromatic N) is 1. The van der Waals surface area contributed by atoms with Gasteiger partial charge < -0.3 is 9.47 Å². The molecule has 0 N–H and O–H groups in total. The van der Waals surface area contributed by atoms with Crippen molar-refractivity contribution in [2.24, 2.45) is 5.41 Å². The summed E-state index contributed by atoms with van der Waals surface area (Å²) in [5.74, 6) is 1.77. The summed E-state index contributed by atoms with van der Waals surface area (Å²) in [4.78, 5) is 12.6. The molecule has 4 rings (SSSR count). The van der Waals surface area contributed by atoms with Crippen LogP contribution in [0, 0.1) is 5.41 Å². The number of carbonyl (C=O) groups is 1. The lowest BCUT2D eigenvalue weighted by Gasteiger charge is -2.29. The molecular formula is C21H24NO3+. The van der Waals surface area contributed by atoms with E-state index in [0.29, 0.717) is 6.42 Å². The molecule has 0 spiro atoms. The minimum atomic E-state index is 0.0179. The van der Waals surface area contributed by atoms with Crippen LogP contribution in [0.5, 0.6) is 11.5 Å². The summed E-state index contributed by atoms with van der Waals surface area (Å²) in [6.07, 6.45) is 2.49. The average Bonchev–Trinajstić information content (AvgIpc) is 2.58. The van der Waals surface area contributed by atoms with Gasteiger partial charge in [0.25, 0.3) is 0 Å². The minimum Gasteiger partial charge on any atom is -0.493 e. The van der Waals surface area contributed by atoms with E-state index in [1.807, 2.05) is 6.07 Å². The zero-order valence-electron chi connectivity index (χ0n) is 15.3. The number of fused-ring (bicyclic) bond motifs is 5. The number of ketones is 1. The number of aryl methyl sites for hydroxylation is 1. The second-order valence-corrected chi connectivity index (χ2v) is 7.79. The fraction of sp³-hybridized carbons (Fsp3) is 0.429. The molecule has 0 fully saturated rings. The van der Waals surface area contributed by atoms with E-state index < -0.39 is 0 Å². The van der Waals surface area contributed by atoms with Crippen molar-refractivity contribution in [3.8, 4) is 22.8 Å². The van der Waals surface area contributed by atoms with Crippen LogP contribution in [0.1, 0.15) is 41.9 Å². The molecule has 0 saturated heterocycles. The molecule has 1 aliphatic heterocycles. The number of benzene rings is 1. The Labute approximate surface area is 148 Å². The highest BCUT2D eigenvalue weighted by Crippen LogP contribution is 2.39. The summed E-state index contributed by atoms with van der Waals surface area (Å²) in [5.41, 5.74) is 5.68. The fourth-order valence-corrected chi connectivity index (χ4v) is 4.22. The lowest BCUT2D eigenvalue weighted by molar-refractivity contribution is -0.695. The predicted molar refractivity (Wildman–Crippen MR) is 95.3 cm³/mol. The van der Waals surface area contributed by atoms with E-state index in [0.717, 1.165) is 42.1 Å². The second kappa shape index (κ2) is 5.58. The van der Waals surface area contributed by atoms with Crippen molar-refractivity contribution in [3.63, 3.8) is 0 Å². The lowest BCUT2D eigenvalue weighted by atomic mass is 9.75. The number of hydrogen-bond donors (Lipinski definition) is 0. The first-order valence-electron chi connectivity index (χ1n) is 8.78. The number of hydrogen-bond acceptors (Lipinski definition) is 3. The van der Waals surface area contributed by atoms with Crippen molar-refractivity contribution in [2.75, 3.05) is 14.2 Å². The third kappa shape index (κ3) is 2.51. The van der Waals surface area contributed by atoms with E-state index in [1.54, 1.807) is 14.2 Å². The van der Waals surface area contributed by atoms with Crippen molar-refractivity contribution in [1.82, 2.24) is 0 Å². The average molecular weight is 338 g/mol. The summed E-state index contributed by atoms with van der Waals surface area (Å²) >= 11 is 0. The number of aromatic nitrogens is 1. The summed E-state index contributed by atoms with van der Waals surface area (Å²) in [6, 6.07) is 8.22. The van der Waals surface area contributed by atoms with E-state index in [2.05, 4.69) is 36.6 Å². The molecule has 25 heavy (non-hydrogen) atoms. The van der Waals surface area contributed by atoms with Crippen LogP contribution in [-0.2, 0) is 19.4 Å². The van der Waals surface area contributed by atoms with Crippen LogP contribution >= 0.6 is 0 Å². The highest BCUT2D eigenvalue weighted by Gasteiger charge is 2.39. The van der Waals surface area contributed by atoms with E-state index in [1.165, 1.54) is 16.8 Å². The Hall–Kier alpha value is -2.36. The Balaban J connectivity index is 1.91. The van der Waals surface area contributed by atoms with Crippen LogP contribution < -0.4 is 14.0 Å². The van der Waals surface area contributed by atoms with Crippen LogP contribution in [0.3, 0.4) is 0 Å². The van der Waals surface area contributed by atoms with Gasteiger partial charge in [0.2, 0.25) is 5.69 Å². The molecule has 2 heterocycles. The maximum Gasteiger partial charge on any atom is 0.213 e. The number of rotatable bonds is 2. The van der Waals surface area contributed by atoms with Gasteiger partial charge in [-0.2, -0.15) is 4.57 Å². The molecule has 1 aliphatic carbocycles. The topological polar surface area (TPSA) is 39.4 Å². The highest BCUT2D eigenvalue weighted by molar-refractivity contribution is 5.98. The van der Waals surface area contributed by atoms with Gasteiger partial charge in [0.15, 0.2) is 29.5 Å². The number of ether oxygens (including phenoxy) is 2. The second-order valence-electron chi connectivity index (χ2n) is 7.79. The van der Waals surface area contributed by atoms with Gasteiger partial charge in [0.05, 0.1) is 25.3 Å². The minimum absolute atomic E-state index is 0.0179. The van der Waals surface area contributed by atoms with Crippen LogP contribution in [0.15, 0.2) is 24.3 Å². The normalized spacial score (nSPS) is 17.4. The first-order chi connectivity index (χ1) is 11.9. The molecule has 1 aromatic carbocycles. The summed E-state index contributed by atoms with van der Waals surface area (Å²) in [7, 11) is 3.33. The zero-order valence-corrected chi connectivity index (χ0v) is 15.3. The van der Waals surface area contributed by atoms with Crippen LogP contribution in [-0.4, -0.2) is 20.0 Å². The Bertz CT molecular complexity index is 883. The third-order valence-electron chi connectivity index (χ3n) is 5.41. The molecule has 0 bridgehead atoms. The molecule has 0 unspecified atom stereocenters. The SMILES string of the molecule is COc1cc2c(cc1OC)-c1ccc3c([n+]1CC2)CC(C)(C)CC3=O. The molecule has 4 nitrogen and oxygen atoms in total. The summed E-state index contributed by atoms with van der Waals surface area (Å²) < 4.78 is 13.3. The van der Waals surface area contributed by atoms with Crippen LogP contribution in [0.2, 0.25) is 0 Å². The van der Waals surface area contributed by atoms with E-state index >= 15 is 0 Å². The van der Waals surface area contributed by atoms with Gasteiger partial charge in [-0.05, 0) is 29.2 Å². The van der Waals surface area contributed by atoms with Crippen molar-refractivity contribution < 1.29 is 18.8 Å². The monoisotopic (exact) mass is 338 g/mol. The molecule has 2 aromatic rings. The van der Waals surface area contributed by atoms with Gasteiger partial charge in [-0.15, -0.1) is 0 Å². The Morgan fingerprint density at radius 2 is 1.72 bits per heavy atom. The number of methoxy groups -OCH3 is 2. The van der Waals surface area contributed by atoms with E-state index in [4.69, 9.17) is 9.47 Å². The predicted octanol–water partition coefficient (Wildman–Crippen LogP) is 3.37. The molecule has 0 atom stereocenters. The van der Waals surface area contributed by atoms with E-state index in [9.17, 15) is 4.79 Å². The summed E-state index contributed by atoms with van der Waals surface area (Å²) in [6.45, 7) is 5.25. The molecule has 4 heteroatoms.